The molecule has 0 saturated heterocycles. The molecule has 1 aromatic heterocycles. The SMILES string of the molecule is C=CCN(CC(=O)N(CCc1ccc(OC)c(OC)c1)Cc1ccc(C)s1)C(=O)Nc1ccc(Cl)cc1. The van der Waals surface area contributed by atoms with Crippen LogP contribution in [0.1, 0.15) is 15.3 Å². The highest BCUT2D eigenvalue weighted by Gasteiger charge is 2.22. The van der Waals surface area contributed by atoms with Gasteiger partial charge in [-0.1, -0.05) is 23.7 Å². The molecule has 1 N–H and O–H groups in total. The van der Waals surface area contributed by atoms with Gasteiger partial charge in [0.25, 0.3) is 0 Å². The summed E-state index contributed by atoms with van der Waals surface area (Å²) in [7, 11) is 3.19. The van der Waals surface area contributed by atoms with Gasteiger partial charge in [-0.3, -0.25) is 4.79 Å². The van der Waals surface area contributed by atoms with Crippen LogP contribution in [0.25, 0.3) is 0 Å². The van der Waals surface area contributed by atoms with E-state index in [0.29, 0.717) is 41.7 Å². The second-order valence-corrected chi connectivity index (χ2v) is 10.2. The number of hydrogen-bond acceptors (Lipinski definition) is 5. The number of thiophene rings is 1. The molecule has 9 heteroatoms. The number of urea groups is 1. The molecule has 0 atom stereocenters. The van der Waals surface area contributed by atoms with Gasteiger partial charge in [0, 0.05) is 33.6 Å². The molecule has 3 rings (SSSR count). The average Bonchev–Trinajstić information content (AvgIpc) is 3.31. The van der Waals surface area contributed by atoms with Gasteiger partial charge in [0.15, 0.2) is 11.5 Å². The summed E-state index contributed by atoms with van der Waals surface area (Å²) in [5.74, 6) is 1.14. The fourth-order valence-electron chi connectivity index (χ4n) is 3.72. The van der Waals surface area contributed by atoms with Crippen LogP contribution in [-0.4, -0.2) is 55.6 Å². The van der Waals surface area contributed by atoms with E-state index in [4.69, 9.17) is 21.1 Å². The van der Waals surface area contributed by atoms with Crippen molar-refractivity contribution in [3.05, 3.63) is 87.6 Å². The molecular weight excluding hydrogens is 510 g/mol. The van der Waals surface area contributed by atoms with Crippen LogP contribution < -0.4 is 14.8 Å². The Morgan fingerprint density at radius 3 is 2.38 bits per heavy atom. The van der Waals surface area contributed by atoms with E-state index in [0.717, 1.165) is 10.4 Å². The molecule has 2 aromatic carbocycles. The molecule has 0 aliphatic carbocycles. The zero-order chi connectivity index (χ0) is 26.8. The Bertz CT molecular complexity index is 1210. The van der Waals surface area contributed by atoms with E-state index < -0.39 is 0 Å². The van der Waals surface area contributed by atoms with E-state index in [9.17, 15) is 9.59 Å². The van der Waals surface area contributed by atoms with Crippen LogP contribution in [0.15, 0.2) is 67.3 Å². The van der Waals surface area contributed by atoms with Crippen molar-refractivity contribution in [2.24, 2.45) is 0 Å². The van der Waals surface area contributed by atoms with Gasteiger partial charge in [0.2, 0.25) is 5.91 Å². The molecule has 37 heavy (non-hydrogen) atoms. The molecule has 0 radical (unpaired) electrons. The average molecular weight is 542 g/mol. The fraction of sp³-hybridized carbons (Fsp3) is 0.286. The van der Waals surface area contributed by atoms with Gasteiger partial charge in [-0.2, -0.15) is 0 Å². The van der Waals surface area contributed by atoms with E-state index in [2.05, 4.69) is 11.9 Å². The summed E-state index contributed by atoms with van der Waals surface area (Å²) in [6.45, 7) is 6.87. The Morgan fingerprint density at radius 1 is 1.03 bits per heavy atom. The molecule has 0 fully saturated rings. The third kappa shape index (κ3) is 8.27. The van der Waals surface area contributed by atoms with Crippen molar-refractivity contribution in [2.75, 3.05) is 39.2 Å². The third-order valence-corrected chi connectivity index (χ3v) is 6.91. The Kier molecular flexibility index (Phi) is 10.4. The predicted octanol–water partition coefficient (Wildman–Crippen LogP) is 6.02. The largest absolute Gasteiger partial charge is 0.493 e. The standard InChI is InChI=1S/C28H32ClN3O4S/c1-5-15-32(28(34)30-23-10-8-22(29)9-11-23)19-27(33)31(18-24-12-6-20(2)37-24)16-14-21-7-13-25(35-3)26(17-21)36-4/h5-13,17H,1,14-16,18-19H2,2-4H3,(H,30,34). The highest BCUT2D eigenvalue weighted by Crippen LogP contribution is 2.28. The number of carbonyl (C=O) groups is 2. The zero-order valence-electron chi connectivity index (χ0n) is 21.3. The first-order valence-corrected chi connectivity index (χ1v) is 13.0. The molecule has 3 amide bonds. The van der Waals surface area contributed by atoms with Gasteiger partial charge in [-0.15, -0.1) is 17.9 Å². The second kappa shape index (κ2) is 13.7. The maximum Gasteiger partial charge on any atom is 0.322 e. The smallest absolute Gasteiger partial charge is 0.322 e. The molecule has 0 aliphatic rings. The van der Waals surface area contributed by atoms with Crippen molar-refractivity contribution < 1.29 is 19.1 Å². The molecule has 0 bridgehead atoms. The van der Waals surface area contributed by atoms with Gasteiger partial charge in [-0.25, -0.2) is 4.79 Å². The molecule has 0 unspecified atom stereocenters. The Hall–Kier alpha value is -3.49. The van der Waals surface area contributed by atoms with Crippen molar-refractivity contribution in [2.45, 2.75) is 19.9 Å². The van der Waals surface area contributed by atoms with Gasteiger partial charge in [0.05, 0.1) is 20.8 Å². The maximum atomic E-state index is 13.5. The number of carbonyl (C=O) groups excluding carboxylic acids is 2. The summed E-state index contributed by atoms with van der Waals surface area (Å²) in [4.78, 5) is 31.9. The summed E-state index contributed by atoms with van der Waals surface area (Å²) in [6.07, 6.45) is 2.22. The highest BCUT2D eigenvalue weighted by molar-refractivity contribution is 7.11. The van der Waals surface area contributed by atoms with Gasteiger partial charge < -0.3 is 24.6 Å². The molecule has 7 nitrogen and oxygen atoms in total. The number of nitrogens with zero attached hydrogens (tertiary/aromatic N) is 2. The Balaban J connectivity index is 1.74. The lowest BCUT2D eigenvalue weighted by Gasteiger charge is -2.27. The van der Waals surface area contributed by atoms with Crippen LogP contribution >= 0.6 is 22.9 Å². The molecule has 0 spiro atoms. The van der Waals surface area contributed by atoms with Crippen LogP contribution in [0.3, 0.4) is 0 Å². The van der Waals surface area contributed by atoms with Gasteiger partial charge in [0.1, 0.15) is 6.54 Å². The fourth-order valence-corrected chi connectivity index (χ4v) is 4.76. The van der Waals surface area contributed by atoms with Crippen LogP contribution in [-0.2, 0) is 17.8 Å². The minimum Gasteiger partial charge on any atom is -0.493 e. The summed E-state index contributed by atoms with van der Waals surface area (Å²) in [5.41, 5.74) is 1.61. The van der Waals surface area contributed by atoms with Gasteiger partial charge >= 0.3 is 6.03 Å². The molecule has 196 valence electrons. The van der Waals surface area contributed by atoms with Crippen molar-refractivity contribution in [3.8, 4) is 11.5 Å². The topological polar surface area (TPSA) is 71.1 Å². The normalized spacial score (nSPS) is 10.5. The molecule has 0 aliphatic heterocycles. The summed E-state index contributed by atoms with van der Waals surface area (Å²) in [6, 6.07) is 16.2. The van der Waals surface area contributed by atoms with Crippen molar-refractivity contribution in [1.29, 1.82) is 0 Å². The number of amides is 3. The number of nitrogens with one attached hydrogen (secondary N) is 1. The summed E-state index contributed by atoms with van der Waals surface area (Å²) >= 11 is 7.59. The highest BCUT2D eigenvalue weighted by atomic mass is 35.5. The van der Waals surface area contributed by atoms with Crippen molar-refractivity contribution in [1.82, 2.24) is 9.80 Å². The number of methoxy groups -OCH3 is 2. The number of halogens is 1. The van der Waals surface area contributed by atoms with Crippen LogP contribution in [0.4, 0.5) is 10.5 Å². The van der Waals surface area contributed by atoms with Crippen molar-refractivity contribution in [3.63, 3.8) is 0 Å². The molecule has 1 heterocycles. The third-order valence-electron chi connectivity index (χ3n) is 5.67. The Morgan fingerprint density at radius 2 is 1.76 bits per heavy atom. The maximum absolute atomic E-state index is 13.5. The number of anilines is 1. The van der Waals surface area contributed by atoms with Crippen LogP contribution in [0, 0.1) is 6.92 Å². The lowest BCUT2D eigenvalue weighted by atomic mass is 10.1. The van der Waals surface area contributed by atoms with Crippen LogP contribution in [0.2, 0.25) is 5.02 Å². The number of benzene rings is 2. The number of aryl methyl sites for hydroxylation is 1. The quantitative estimate of drug-likeness (QED) is 0.285. The monoisotopic (exact) mass is 541 g/mol. The van der Waals surface area contributed by atoms with E-state index in [1.807, 2.05) is 37.3 Å². The molecule has 0 saturated carbocycles. The van der Waals surface area contributed by atoms with E-state index in [1.165, 1.54) is 9.78 Å². The summed E-state index contributed by atoms with van der Waals surface area (Å²) in [5, 5.41) is 3.39. The zero-order valence-corrected chi connectivity index (χ0v) is 22.9. The molecular formula is C28H32ClN3O4S. The Labute approximate surface area is 227 Å². The predicted molar refractivity (Wildman–Crippen MR) is 150 cm³/mol. The summed E-state index contributed by atoms with van der Waals surface area (Å²) < 4.78 is 10.7. The van der Waals surface area contributed by atoms with Crippen LogP contribution in [0.5, 0.6) is 11.5 Å². The van der Waals surface area contributed by atoms with E-state index >= 15 is 0 Å². The first kappa shape index (κ1) is 28.1. The first-order chi connectivity index (χ1) is 17.8. The lowest BCUT2D eigenvalue weighted by Crippen LogP contribution is -2.44. The molecule has 3 aromatic rings. The van der Waals surface area contributed by atoms with E-state index in [-0.39, 0.29) is 25.0 Å². The number of rotatable bonds is 12. The number of hydrogen-bond donors (Lipinski definition) is 1. The van der Waals surface area contributed by atoms with Crippen molar-refractivity contribution >= 4 is 40.6 Å². The first-order valence-electron chi connectivity index (χ1n) is 11.8. The van der Waals surface area contributed by atoms with E-state index in [1.54, 1.807) is 60.8 Å². The van der Waals surface area contributed by atoms with Gasteiger partial charge in [-0.05, 0) is 67.4 Å². The minimum absolute atomic E-state index is 0.0816. The second-order valence-electron chi connectivity index (χ2n) is 8.37. The minimum atomic E-state index is -0.387. The number of ether oxygens (including phenoxy) is 2. The lowest BCUT2D eigenvalue weighted by molar-refractivity contribution is -0.132.